The predicted octanol–water partition coefficient (Wildman–Crippen LogP) is 3.13. The number of hydrogen-bond donors (Lipinski definition) is 1. The van der Waals surface area contributed by atoms with E-state index in [1.807, 2.05) is 18.2 Å². The molecule has 1 aliphatic carbocycles. The summed E-state index contributed by atoms with van der Waals surface area (Å²) >= 11 is 0. The van der Waals surface area contributed by atoms with Crippen LogP contribution in [0.15, 0.2) is 30.3 Å². The minimum atomic E-state index is -0.215. The van der Waals surface area contributed by atoms with Gasteiger partial charge in [-0.2, -0.15) is 0 Å². The number of rotatable bonds is 4. The molecular formula is C14H20O. The van der Waals surface area contributed by atoms with Crippen LogP contribution in [0.2, 0.25) is 0 Å². The summed E-state index contributed by atoms with van der Waals surface area (Å²) < 4.78 is 0. The van der Waals surface area contributed by atoms with Crippen molar-refractivity contribution in [2.24, 2.45) is 5.92 Å². The molecule has 1 aliphatic rings. The first kappa shape index (κ1) is 10.7. The van der Waals surface area contributed by atoms with Crippen LogP contribution in [0.25, 0.3) is 0 Å². The largest absolute Gasteiger partial charge is 0.392 e. The average molecular weight is 204 g/mol. The number of hydrogen-bond acceptors (Lipinski definition) is 1. The van der Waals surface area contributed by atoms with E-state index < -0.39 is 0 Å². The van der Waals surface area contributed by atoms with Crippen molar-refractivity contribution in [2.45, 2.75) is 44.6 Å². The fraction of sp³-hybridized carbons (Fsp3) is 0.571. The second-order valence-corrected chi connectivity index (χ2v) is 5.28. The number of aliphatic hydroxyl groups is 1. The molecule has 0 spiro atoms. The van der Waals surface area contributed by atoms with Crippen LogP contribution < -0.4 is 0 Å². The summed E-state index contributed by atoms with van der Waals surface area (Å²) in [7, 11) is 0. The van der Waals surface area contributed by atoms with Gasteiger partial charge in [-0.25, -0.2) is 0 Å². The SMILES string of the molecule is CC(C)(c1ccccc1)C(O)CC1CC1. The molecule has 1 aromatic rings. The van der Waals surface area contributed by atoms with E-state index in [0.29, 0.717) is 0 Å². The van der Waals surface area contributed by atoms with Gasteiger partial charge < -0.3 is 5.11 Å². The Bertz CT molecular complexity index is 311. The Morgan fingerprint density at radius 2 is 1.87 bits per heavy atom. The average Bonchev–Trinajstić information content (AvgIpc) is 3.03. The lowest BCUT2D eigenvalue weighted by atomic mass is 9.77. The smallest absolute Gasteiger partial charge is 0.0634 e. The molecule has 1 N–H and O–H groups in total. The number of aliphatic hydroxyl groups excluding tert-OH is 1. The third kappa shape index (κ3) is 2.40. The van der Waals surface area contributed by atoms with Gasteiger partial charge in [-0.15, -0.1) is 0 Å². The zero-order chi connectivity index (χ0) is 10.9. The van der Waals surface area contributed by atoms with Crippen LogP contribution in [-0.2, 0) is 5.41 Å². The molecule has 1 saturated carbocycles. The monoisotopic (exact) mass is 204 g/mol. The van der Waals surface area contributed by atoms with Crippen LogP contribution in [0.5, 0.6) is 0 Å². The highest BCUT2D eigenvalue weighted by Crippen LogP contribution is 2.38. The molecule has 2 rings (SSSR count). The Labute approximate surface area is 92.1 Å². The molecular weight excluding hydrogens is 184 g/mol. The zero-order valence-corrected chi connectivity index (χ0v) is 9.61. The molecule has 15 heavy (non-hydrogen) atoms. The van der Waals surface area contributed by atoms with Crippen LogP contribution in [-0.4, -0.2) is 11.2 Å². The van der Waals surface area contributed by atoms with Gasteiger partial charge in [0.1, 0.15) is 0 Å². The third-order valence-corrected chi connectivity index (χ3v) is 3.60. The van der Waals surface area contributed by atoms with E-state index in [1.165, 1.54) is 18.4 Å². The van der Waals surface area contributed by atoms with Gasteiger partial charge in [0.25, 0.3) is 0 Å². The van der Waals surface area contributed by atoms with Gasteiger partial charge in [-0.1, -0.05) is 57.0 Å². The molecule has 0 aromatic heterocycles. The standard InChI is InChI=1S/C14H20O/c1-14(2,12-6-4-3-5-7-12)13(15)10-11-8-9-11/h3-7,11,13,15H,8-10H2,1-2H3. The second-order valence-electron chi connectivity index (χ2n) is 5.28. The van der Waals surface area contributed by atoms with E-state index in [9.17, 15) is 5.11 Å². The fourth-order valence-electron chi connectivity index (χ4n) is 2.02. The quantitative estimate of drug-likeness (QED) is 0.799. The lowest BCUT2D eigenvalue weighted by Crippen LogP contribution is -2.33. The van der Waals surface area contributed by atoms with Gasteiger partial charge in [0, 0.05) is 5.41 Å². The Hall–Kier alpha value is -0.820. The second kappa shape index (κ2) is 3.97. The first-order valence-electron chi connectivity index (χ1n) is 5.84. The molecule has 82 valence electrons. The highest BCUT2D eigenvalue weighted by atomic mass is 16.3. The topological polar surface area (TPSA) is 20.2 Å². The molecule has 0 saturated heterocycles. The van der Waals surface area contributed by atoms with Gasteiger partial charge in [0.2, 0.25) is 0 Å². The van der Waals surface area contributed by atoms with Crippen molar-refractivity contribution in [3.05, 3.63) is 35.9 Å². The van der Waals surface area contributed by atoms with Crippen molar-refractivity contribution < 1.29 is 5.11 Å². The van der Waals surface area contributed by atoms with Gasteiger partial charge in [0.15, 0.2) is 0 Å². The van der Waals surface area contributed by atoms with Crippen LogP contribution in [0.3, 0.4) is 0 Å². The zero-order valence-electron chi connectivity index (χ0n) is 9.61. The summed E-state index contributed by atoms with van der Waals surface area (Å²) in [5.74, 6) is 0.781. The van der Waals surface area contributed by atoms with E-state index >= 15 is 0 Å². The van der Waals surface area contributed by atoms with E-state index in [2.05, 4.69) is 26.0 Å². The van der Waals surface area contributed by atoms with E-state index in [0.717, 1.165) is 12.3 Å². The van der Waals surface area contributed by atoms with Crippen molar-refractivity contribution in [3.8, 4) is 0 Å². The molecule has 0 bridgehead atoms. The Kier molecular flexibility index (Phi) is 2.83. The summed E-state index contributed by atoms with van der Waals surface area (Å²) in [6.45, 7) is 4.27. The summed E-state index contributed by atoms with van der Waals surface area (Å²) in [5, 5.41) is 10.2. The Morgan fingerprint density at radius 1 is 1.27 bits per heavy atom. The first-order valence-corrected chi connectivity index (χ1v) is 5.84. The van der Waals surface area contributed by atoms with Crippen LogP contribution in [0, 0.1) is 5.92 Å². The fourth-order valence-corrected chi connectivity index (χ4v) is 2.02. The van der Waals surface area contributed by atoms with Crippen molar-refractivity contribution in [1.82, 2.24) is 0 Å². The van der Waals surface area contributed by atoms with Crippen molar-refractivity contribution in [3.63, 3.8) is 0 Å². The summed E-state index contributed by atoms with van der Waals surface area (Å²) in [6.07, 6.45) is 3.36. The Balaban J connectivity index is 2.10. The van der Waals surface area contributed by atoms with Gasteiger partial charge in [0.05, 0.1) is 6.10 Å². The molecule has 0 aliphatic heterocycles. The number of benzene rings is 1. The summed E-state index contributed by atoms with van der Waals surface area (Å²) in [4.78, 5) is 0. The molecule has 0 heterocycles. The molecule has 1 fully saturated rings. The van der Waals surface area contributed by atoms with Gasteiger partial charge >= 0.3 is 0 Å². The lowest BCUT2D eigenvalue weighted by Gasteiger charge is -2.31. The van der Waals surface area contributed by atoms with E-state index in [4.69, 9.17) is 0 Å². The molecule has 1 atom stereocenters. The molecule has 0 amide bonds. The summed E-state index contributed by atoms with van der Waals surface area (Å²) in [6, 6.07) is 10.3. The predicted molar refractivity (Wildman–Crippen MR) is 62.8 cm³/mol. The van der Waals surface area contributed by atoms with Crippen LogP contribution in [0.4, 0.5) is 0 Å². The van der Waals surface area contributed by atoms with Crippen molar-refractivity contribution >= 4 is 0 Å². The van der Waals surface area contributed by atoms with Crippen LogP contribution in [0.1, 0.15) is 38.7 Å². The van der Waals surface area contributed by atoms with E-state index in [-0.39, 0.29) is 11.5 Å². The lowest BCUT2D eigenvalue weighted by molar-refractivity contribution is 0.0858. The van der Waals surface area contributed by atoms with Crippen molar-refractivity contribution in [1.29, 1.82) is 0 Å². The maximum atomic E-state index is 10.2. The maximum absolute atomic E-state index is 10.2. The Morgan fingerprint density at radius 3 is 2.40 bits per heavy atom. The third-order valence-electron chi connectivity index (χ3n) is 3.60. The summed E-state index contributed by atoms with van der Waals surface area (Å²) in [5.41, 5.74) is 1.11. The molecule has 0 radical (unpaired) electrons. The van der Waals surface area contributed by atoms with Crippen molar-refractivity contribution in [2.75, 3.05) is 0 Å². The highest BCUT2D eigenvalue weighted by molar-refractivity contribution is 5.25. The maximum Gasteiger partial charge on any atom is 0.0634 e. The first-order chi connectivity index (χ1) is 7.10. The minimum Gasteiger partial charge on any atom is -0.392 e. The van der Waals surface area contributed by atoms with Crippen LogP contribution >= 0.6 is 0 Å². The van der Waals surface area contributed by atoms with Gasteiger partial charge in [-0.3, -0.25) is 0 Å². The normalized spacial score (nSPS) is 18.9. The highest BCUT2D eigenvalue weighted by Gasteiger charge is 2.34. The minimum absolute atomic E-state index is 0.121. The van der Waals surface area contributed by atoms with Gasteiger partial charge in [-0.05, 0) is 17.9 Å². The molecule has 1 aromatic carbocycles. The molecule has 1 heteroatoms. The van der Waals surface area contributed by atoms with E-state index in [1.54, 1.807) is 0 Å². The molecule has 1 nitrogen and oxygen atoms in total. The molecule has 1 unspecified atom stereocenters.